The summed E-state index contributed by atoms with van der Waals surface area (Å²) in [5.41, 5.74) is -0.0532. The Bertz CT molecular complexity index is 523. The highest BCUT2D eigenvalue weighted by molar-refractivity contribution is 5.64. The van der Waals surface area contributed by atoms with E-state index in [-0.39, 0.29) is 17.5 Å². The molecule has 1 aliphatic carbocycles. The van der Waals surface area contributed by atoms with E-state index in [4.69, 9.17) is 9.47 Å². The van der Waals surface area contributed by atoms with Crippen molar-refractivity contribution in [2.45, 2.75) is 38.2 Å². The van der Waals surface area contributed by atoms with E-state index in [1.54, 1.807) is 0 Å². The molecule has 2 rings (SSSR count). The fourth-order valence-corrected chi connectivity index (χ4v) is 2.14. The van der Waals surface area contributed by atoms with Crippen molar-refractivity contribution in [3.8, 4) is 5.75 Å². The molecule has 1 aromatic rings. The zero-order valence-corrected chi connectivity index (χ0v) is 11.6. The largest absolute Gasteiger partial charge is 0.514 e. The molecule has 0 aliphatic heterocycles. The van der Waals surface area contributed by atoms with E-state index < -0.39 is 11.1 Å². The maximum Gasteiger partial charge on any atom is 0.514 e. The number of ether oxygens (including phenoxy) is 2. The maximum atomic E-state index is 11.7. The molecule has 0 aromatic heterocycles. The Morgan fingerprint density at radius 2 is 1.86 bits per heavy atom. The Morgan fingerprint density at radius 3 is 2.57 bits per heavy atom. The third-order valence-corrected chi connectivity index (χ3v) is 3.23. The highest BCUT2D eigenvalue weighted by atomic mass is 16.7. The standard InChI is InChI=1S/C15H17NO5/c17-15(20-13-6-4-2-1-3-5-7-13)21-14-10-8-12(9-11-14)16(18)19/h1-2,8-11,13H,3-7H2. The molecule has 0 saturated carbocycles. The molecule has 1 aliphatic rings. The lowest BCUT2D eigenvalue weighted by Crippen LogP contribution is -2.21. The zero-order valence-electron chi connectivity index (χ0n) is 11.6. The van der Waals surface area contributed by atoms with Crippen molar-refractivity contribution in [3.63, 3.8) is 0 Å². The number of carbonyl (C=O) groups excluding carboxylic acids is 1. The minimum absolute atomic E-state index is 0.0532. The number of non-ortho nitro benzene ring substituents is 1. The number of allylic oxidation sites excluding steroid dienone is 2. The number of carbonyl (C=O) groups is 1. The second kappa shape index (κ2) is 7.42. The molecule has 21 heavy (non-hydrogen) atoms. The Morgan fingerprint density at radius 1 is 1.14 bits per heavy atom. The van der Waals surface area contributed by atoms with Crippen LogP contribution in [0.4, 0.5) is 10.5 Å². The monoisotopic (exact) mass is 291 g/mol. The number of rotatable bonds is 3. The number of nitro groups is 1. The molecular weight excluding hydrogens is 274 g/mol. The molecule has 0 amide bonds. The molecule has 0 bridgehead atoms. The fourth-order valence-electron chi connectivity index (χ4n) is 2.14. The molecule has 1 atom stereocenters. The lowest BCUT2D eigenvalue weighted by atomic mass is 10.0. The smallest absolute Gasteiger partial charge is 0.431 e. The first kappa shape index (κ1) is 15.0. The second-order valence-corrected chi connectivity index (χ2v) is 4.82. The molecular formula is C15H17NO5. The predicted molar refractivity (Wildman–Crippen MR) is 76.2 cm³/mol. The summed E-state index contributed by atoms with van der Waals surface area (Å²) in [6.07, 6.45) is 7.80. The van der Waals surface area contributed by atoms with Crippen molar-refractivity contribution in [3.05, 3.63) is 46.5 Å². The third kappa shape index (κ3) is 4.91. The van der Waals surface area contributed by atoms with E-state index in [1.807, 2.05) is 0 Å². The molecule has 0 saturated heterocycles. The first-order valence-corrected chi connectivity index (χ1v) is 6.93. The minimum atomic E-state index is -0.765. The molecule has 0 fully saturated rings. The van der Waals surface area contributed by atoms with Crippen LogP contribution in [0, 0.1) is 10.1 Å². The second-order valence-electron chi connectivity index (χ2n) is 4.82. The summed E-state index contributed by atoms with van der Waals surface area (Å²) < 4.78 is 10.3. The van der Waals surface area contributed by atoms with Gasteiger partial charge < -0.3 is 9.47 Å². The first-order chi connectivity index (χ1) is 10.1. The van der Waals surface area contributed by atoms with Crippen LogP contribution in [-0.2, 0) is 4.74 Å². The zero-order chi connectivity index (χ0) is 15.1. The van der Waals surface area contributed by atoms with Gasteiger partial charge in [0.15, 0.2) is 0 Å². The average Bonchev–Trinajstić information content (AvgIpc) is 2.42. The average molecular weight is 291 g/mol. The number of hydrogen-bond donors (Lipinski definition) is 0. The Kier molecular flexibility index (Phi) is 5.31. The van der Waals surface area contributed by atoms with E-state index >= 15 is 0 Å². The van der Waals surface area contributed by atoms with Gasteiger partial charge in [-0.3, -0.25) is 10.1 Å². The SMILES string of the molecule is O=C(Oc1ccc([N+](=O)[O-])cc1)OC1CCC=CCCC1. The van der Waals surface area contributed by atoms with E-state index in [1.165, 1.54) is 24.3 Å². The van der Waals surface area contributed by atoms with Gasteiger partial charge in [0.05, 0.1) is 4.92 Å². The molecule has 0 spiro atoms. The third-order valence-electron chi connectivity index (χ3n) is 3.23. The van der Waals surface area contributed by atoms with Crippen LogP contribution in [0.15, 0.2) is 36.4 Å². The van der Waals surface area contributed by atoms with Gasteiger partial charge in [0.25, 0.3) is 5.69 Å². The summed E-state index contributed by atoms with van der Waals surface area (Å²) in [6, 6.07) is 5.31. The van der Waals surface area contributed by atoms with Crippen molar-refractivity contribution >= 4 is 11.8 Å². The Labute approximate surface area is 122 Å². The topological polar surface area (TPSA) is 78.7 Å². The van der Waals surface area contributed by atoms with E-state index in [0.29, 0.717) is 0 Å². The van der Waals surface area contributed by atoms with Crippen LogP contribution in [-0.4, -0.2) is 17.2 Å². The minimum Gasteiger partial charge on any atom is -0.431 e. The molecule has 1 unspecified atom stereocenters. The van der Waals surface area contributed by atoms with Gasteiger partial charge in [0.1, 0.15) is 11.9 Å². The van der Waals surface area contributed by atoms with Gasteiger partial charge in [0.2, 0.25) is 0 Å². The van der Waals surface area contributed by atoms with Crippen LogP contribution in [0.25, 0.3) is 0 Å². The number of hydrogen-bond acceptors (Lipinski definition) is 5. The maximum absolute atomic E-state index is 11.7. The van der Waals surface area contributed by atoms with Crippen LogP contribution in [0.3, 0.4) is 0 Å². The van der Waals surface area contributed by atoms with Crippen LogP contribution < -0.4 is 4.74 Å². The van der Waals surface area contributed by atoms with Crippen LogP contribution >= 0.6 is 0 Å². The van der Waals surface area contributed by atoms with Crippen LogP contribution in [0.2, 0.25) is 0 Å². The van der Waals surface area contributed by atoms with Crippen LogP contribution in [0.1, 0.15) is 32.1 Å². The van der Waals surface area contributed by atoms with Gasteiger partial charge in [-0.05, 0) is 44.2 Å². The van der Waals surface area contributed by atoms with Gasteiger partial charge in [-0.25, -0.2) is 4.79 Å². The lowest BCUT2D eigenvalue weighted by molar-refractivity contribution is -0.384. The molecule has 0 heterocycles. The molecule has 0 N–H and O–H groups in total. The number of nitrogens with zero attached hydrogens (tertiary/aromatic N) is 1. The van der Waals surface area contributed by atoms with Crippen molar-refractivity contribution in [1.82, 2.24) is 0 Å². The summed E-state index contributed by atoms with van der Waals surface area (Å²) >= 11 is 0. The van der Waals surface area contributed by atoms with E-state index in [2.05, 4.69) is 12.2 Å². The highest BCUT2D eigenvalue weighted by Gasteiger charge is 2.16. The van der Waals surface area contributed by atoms with Crippen molar-refractivity contribution in [2.75, 3.05) is 0 Å². The fraction of sp³-hybridized carbons (Fsp3) is 0.400. The molecule has 6 heteroatoms. The Balaban J connectivity index is 1.85. The summed E-state index contributed by atoms with van der Waals surface area (Å²) in [7, 11) is 0. The summed E-state index contributed by atoms with van der Waals surface area (Å²) in [5.74, 6) is 0.233. The molecule has 6 nitrogen and oxygen atoms in total. The number of nitro benzene ring substituents is 1. The van der Waals surface area contributed by atoms with Gasteiger partial charge in [0, 0.05) is 12.1 Å². The van der Waals surface area contributed by atoms with Gasteiger partial charge in [-0.2, -0.15) is 0 Å². The van der Waals surface area contributed by atoms with Crippen molar-refractivity contribution < 1.29 is 19.2 Å². The molecule has 112 valence electrons. The van der Waals surface area contributed by atoms with Gasteiger partial charge >= 0.3 is 6.16 Å². The van der Waals surface area contributed by atoms with E-state index in [0.717, 1.165) is 32.1 Å². The summed E-state index contributed by atoms with van der Waals surface area (Å²) in [5, 5.41) is 10.5. The predicted octanol–water partition coefficient (Wildman–Crippen LogP) is 4.00. The van der Waals surface area contributed by atoms with Crippen molar-refractivity contribution in [1.29, 1.82) is 0 Å². The van der Waals surface area contributed by atoms with Gasteiger partial charge in [-0.1, -0.05) is 12.2 Å². The normalized spacial score (nSPS) is 18.4. The molecule has 1 aromatic carbocycles. The Hall–Kier alpha value is -2.37. The summed E-state index contributed by atoms with van der Waals surface area (Å²) in [6.45, 7) is 0. The van der Waals surface area contributed by atoms with E-state index in [9.17, 15) is 14.9 Å². The van der Waals surface area contributed by atoms with Crippen LogP contribution in [0.5, 0.6) is 5.75 Å². The quantitative estimate of drug-likeness (QED) is 0.276. The number of benzene rings is 1. The molecule has 0 radical (unpaired) electrons. The summed E-state index contributed by atoms with van der Waals surface area (Å²) in [4.78, 5) is 21.7. The first-order valence-electron chi connectivity index (χ1n) is 6.93. The van der Waals surface area contributed by atoms with Gasteiger partial charge in [-0.15, -0.1) is 0 Å². The van der Waals surface area contributed by atoms with Crippen molar-refractivity contribution in [2.24, 2.45) is 0 Å². The highest BCUT2D eigenvalue weighted by Crippen LogP contribution is 2.20. The lowest BCUT2D eigenvalue weighted by Gasteiger charge is -2.17.